The molecule has 0 heterocycles. The van der Waals surface area contributed by atoms with E-state index < -0.39 is 0 Å². The molecule has 0 radical (unpaired) electrons. The molecule has 26 heavy (non-hydrogen) atoms. The normalized spacial score (nSPS) is 14.9. The van der Waals surface area contributed by atoms with Gasteiger partial charge in [0.15, 0.2) is 0 Å². The molecule has 134 valence electrons. The Kier molecular flexibility index (Phi) is 6.20. The van der Waals surface area contributed by atoms with Crippen LogP contribution in [0.25, 0.3) is 6.08 Å². The minimum absolute atomic E-state index is 0.0405. The smallest absolute Gasteiger partial charge is 0.338 e. The number of hydrogen-bond donors (Lipinski definition) is 1. The molecule has 4 heteroatoms. The monoisotopic (exact) mass is 349 g/mol. The van der Waals surface area contributed by atoms with Gasteiger partial charge in [-0.05, 0) is 61.6 Å². The molecule has 0 spiro atoms. The molecule has 0 aliphatic heterocycles. The minimum Gasteiger partial charge on any atom is -0.459 e. The van der Waals surface area contributed by atoms with Crippen LogP contribution in [-0.2, 0) is 9.53 Å². The fraction of sp³-hybridized carbons (Fsp3) is 0.273. The number of nitrogens with one attached hydrogen (secondary N) is 1. The molecule has 4 nitrogen and oxygen atoms in total. The predicted octanol–water partition coefficient (Wildman–Crippen LogP) is 4.83. The summed E-state index contributed by atoms with van der Waals surface area (Å²) in [5, 5.41) is 2.78. The molecule has 0 saturated heterocycles. The Morgan fingerprint density at radius 3 is 2.31 bits per heavy atom. The van der Waals surface area contributed by atoms with Crippen LogP contribution in [0.1, 0.15) is 48.0 Å². The number of benzene rings is 2. The number of anilines is 1. The maximum absolute atomic E-state index is 12.2. The summed E-state index contributed by atoms with van der Waals surface area (Å²) in [6, 6.07) is 16.4. The zero-order chi connectivity index (χ0) is 18.2. The highest BCUT2D eigenvalue weighted by Crippen LogP contribution is 2.21. The van der Waals surface area contributed by atoms with Gasteiger partial charge in [0.05, 0.1) is 5.56 Å². The Bertz CT molecular complexity index is 760. The summed E-state index contributed by atoms with van der Waals surface area (Å²) in [7, 11) is 0. The first-order chi connectivity index (χ1) is 12.7. The van der Waals surface area contributed by atoms with Crippen molar-refractivity contribution < 1.29 is 14.3 Å². The van der Waals surface area contributed by atoms with Crippen molar-refractivity contribution in [3.05, 3.63) is 71.8 Å². The van der Waals surface area contributed by atoms with E-state index in [0.29, 0.717) is 11.3 Å². The van der Waals surface area contributed by atoms with E-state index in [0.717, 1.165) is 31.2 Å². The number of carbonyl (C=O) groups excluding carboxylic acids is 2. The minimum atomic E-state index is -0.293. The molecule has 0 bridgehead atoms. The largest absolute Gasteiger partial charge is 0.459 e. The molecule has 0 unspecified atom stereocenters. The molecule has 1 aliphatic carbocycles. The molecule has 0 atom stereocenters. The van der Waals surface area contributed by atoms with Gasteiger partial charge in [-0.3, -0.25) is 4.79 Å². The molecule has 1 amide bonds. The van der Waals surface area contributed by atoms with Crippen molar-refractivity contribution in [2.24, 2.45) is 0 Å². The average Bonchev–Trinajstić information content (AvgIpc) is 2.68. The maximum atomic E-state index is 12.2. The Hall–Kier alpha value is -2.88. The first kappa shape index (κ1) is 17.9. The summed E-state index contributed by atoms with van der Waals surface area (Å²) in [5.74, 6) is -0.509. The highest BCUT2D eigenvalue weighted by Gasteiger charge is 2.18. The van der Waals surface area contributed by atoms with Gasteiger partial charge in [0.1, 0.15) is 6.10 Å². The van der Waals surface area contributed by atoms with Crippen molar-refractivity contribution in [3.63, 3.8) is 0 Å². The van der Waals surface area contributed by atoms with Gasteiger partial charge in [0, 0.05) is 11.8 Å². The molecule has 2 aromatic carbocycles. The number of carbonyl (C=O) groups is 2. The van der Waals surface area contributed by atoms with Crippen LogP contribution in [0.4, 0.5) is 5.69 Å². The van der Waals surface area contributed by atoms with Crippen molar-refractivity contribution in [1.82, 2.24) is 0 Å². The summed E-state index contributed by atoms with van der Waals surface area (Å²) >= 11 is 0. The van der Waals surface area contributed by atoms with Gasteiger partial charge in [-0.15, -0.1) is 0 Å². The van der Waals surface area contributed by atoms with Gasteiger partial charge < -0.3 is 10.1 Å². The molecule has 1 N–H and O–H groups in total. The number of ether oxygens (including phenoxy) is 1. The van der Waals surface area contributed by atoms with E-state index in [1.165, 1.54) is 12.5 Å². The topological polar surface area (TPSA) is 55.4 Å². The molecule has 1 aliphatic rings. The summed E-state index contributed by atoms with van der Waals surface area (Å²) in [5.41, 5.74) is 2.11. The fourth-order valence-electron chi connectivity index (χ4n) is 3.01. The van der Waals surface area contributed by atoms with Crippen molar-refractivity contribution in [1.29, 1.82) is 0 Å². The van der Waals surface area contributed by atoms with Gasteiger partial charge >= 0.3 is 5.97 Å². The zero-order valence-corrected chi connectivity index (χ0v) is 14.7. The van der Waals surface area contributed by atoms with E-state index in [2.05, 4.69) is 5.32 Å². The Balaban J connectivity index is 1.52. The third-order valence-electron chi connectivity index (χ3n) is 4.44. The van der Waals surface area contributed by atoms with E-state index in [-0.39, 0.29) is 18.0 Å². The lowest BCUT2D eigenvalue weighted by Crippen LogP contribution is -2.20. The Morgan fingerprint density at radius 2 is 1.62 bits per heavy atom. The molecular formula is C22H23NO3. The number of esters is 1. The SMILES string of the molecule is O=C(/C=C/c1ccccc1)Nc1ccc(C(=O)OC2CCCCC2)cc1. The summed E-state index contributed by atoms with van der Waals surface area (Å²) < 4.78 is 5.55. The van der Waals surface area contributed by atoms with E-state index in [4.69, 9.17) is 4.74 Å². The van der Waals surface area contributed by atoms with E-state index in [9.17, 15) is 9.59 Å². The van der Waals surface area contributed by atoms with Crippen LogP contribution in [0.2, 0.25) is 0 Å². The Labute approximate surface area is 153 Å². The molecule has 2 aromatic rings. The van der Waals surface area contributed by atoms with Crippen molar-refractivity contribution >= 4 is 23.6 Å². The van der Waals surface area contributed by atoms with E-state index in [1.807, 2.05) is 30.3 Å². The van der Waals surface area contributed by atoms with Gasteiger partial charge in [-0.25, -0.2) is 4.79 Å². The van der Waals surface area contributed by atoms with Crippen LogP contribution in [0, 0.1) is 0 Å². The van der Waals surface area contributed by atoms with Gasteiger partial charge in [0.25, 0.3) is 0 Å². The van der Waals surface area contributed by atoms with Gasteiger partial charge in [0.2, 0.25) is 5.91 Å². The lowest BCUT2D eigenvalue weighted by atomic mass is 9.98. The number of hydrogen-bond acceptors (Lipinski definition) is 3. The maximum Gasteiger partial charge on any atom is 0.338 e. The summed E-state index contributed by atoms with van der Waals surface area (Å²) in [4.78, 5) is 24.2. The highest BCUT2D eigenvalue weighted by molar-refractivity contribution is 6.02. The lowest BCUT2D eigenvalue weighted by Gasteiger charge is -2.21. The third kappa shape index (κ3) is 5.31. The first-order valence-electron chi connectivity index (χ1n) is 9.06. The van der Waals surface area contributed by atoms with Crippen molar-refractivity contribution in [2.45, 2.75) is 38.2 Å². The van der Waals surface area contributed by atoms with Crippen LogP contribution in [0.15, 0.2) is 60.7 Å². The first-order valence-corrected chi connectivity index (χ1v) is 9.06. The molecule has 3 rings (SSSR count). The summed E-state index contributed by atoms with van der Waals surface area (Å²) in [6.07, 6.45) is 8.66. The number of rotatable bonds is 5. The quantitative estimate of drug-likeness (QED) is 0.621. The molecule has 0 aromatic heterocycles. The molecular weight excluding hydrogens is 326 g/mol. The van der Waals surface area contributed by atoms with Crippen LogP contribution >= 0.6 is 0 Å². The van der Waals surface area contributed by atoms with E-state index in [1.54, 1.807) is 30.3 Å². The van der Waals surface area contributed by atoms with Crippen LogP contribution < -0.4 is 5.32 Å². The predicted molar refractivity (Wildman–Crippen MR) is 103 cm³/mol. The third-order valence-corrected chi connectivity index (χ3v) is 4.44. The lowest BCUT2D eigenvalue weighted by molar-refractivity contribution is -0.111. The van der Waals surface area contributed by atoms with Gasteiger partial charge in [-0.1, -0.05) is 36.8 Å². The molecule has 1 saturated carbocycles. The standard InChI is InChI=1S/C22H23NO3/c24-21(16-11-17-7-3-1-4-8-17)23-19-14-12-18(13-15-19)22(25)26-20-9-5-2-6-10-20/h1,3-4,7-8,11-16,20H,2,5-6,9-10H2,(H,23,24)/b16-11+. The second-order valence-corrected chi connectivity index (χ2v) is 6.48. The molecule has 1 fully saturated rings. The average molecular weight is 349 g/mol. The summed E-state index contributed by atoms with van der Waals surface area (Å²) in [6.45, 7) is 0. The highest BCUT2D eigenvalue weighted by atomic mass is 16.5. The van der Waals surface area contributed by atoms with E-state index >= 15 is 0 Å². The van der Waals surface area contributed by atoms with Crippen LogP contribution in [0.3, 0.4) is 0 Å². The Morgan fingerprint density at radius 1 is 0.923 bits per heavy atom. The second-order valence-electron chi connectivity index (χ2n) is 6.48. The second kappa shape index (κ2) is 8.99. The zero-order valence-electron chi connectivity index (χ0n) is 14.7. The van der Waals surface area contributed by atoms with Crippen LogP contribution in [0.5, 0.6) is 0 Å². The van der Waals surface area contributed by atoms with Gasteiger partial charge in [-0.2, -0.15) is 0 Å². The van der Waals surface area contributed by atoms with Crippen molar-refractivity contribution in [3.8, 4) is 0 Å². The van der Waals surface area contributed by atoms with Crippen LogP contribution in [-0.4, -0.2) is 18.0 Å². The number of amides is 1. The fourth-order valence-corrected chi connectivity index (χ4v) is 3.01. The van der Waals surface area contributed by atoms with Crippen molar-refractivity contribution in [2.75, 3.05) is 5.32 Å².